The number of rotatable bonds is 3. The molecule has 0 spiro atoms. The first-order valence-electron chi connectivity index (χ1n) is 5.80. The van der Waals surface area contributed by atoms with Gasteiger partial charge in [0.15, 0.2) is 0 Å². The average molecular weight is 235 g/mol. The van der Waals surface area contributed by atoms with Crippen molar-refractivity contribution in [3.05, 3.63) is 23.5 Å². The second-order valence-electron chi connectivity index (χ2n) is 4.94. The maximum absolute atomic E-state index is 12.3. The molecule has 4 heteroatoms. The number of pyridine rings is 1. The van der Waals surface area contributed by atoms with Crippen molar-refractivity contribution in [1.82, 2.24) is 9.88 Å². The molecule has 0 aromatic carbocycles. The molecule has 0 fully saturated rings. The Morgan fingerprint density at radius 2 is 2.12 bits per heavy atom. The van der Waals surface area contributed by atoms with Crippen LogP contribution in [0.2, 0.25) is 0 Å². The van der Waals surface area contributed by atoms with Crippen molar-refractivity contribution in [3.63, 3.8) is 0 Å². The summed E-state index contributed by atoms with van der Waals surface area (Å²) >= 11 is 0. The van der Waals surface area contributed by atoms with Gasteiger partial charge in [-0.25, -0.2) is 0 Å². The Morgan fingerprint density at radius 1 is 1.53 bits per heavy atom. The van der Waals surface area contributed by atoms with Gasteiger partial charge < -0.3 is 10.6 Å². The van der Waals surface area contributed by atoms with Gasteiger partial charge in [0.2, 0.25) is 0 Å². The molecule has 1 aromatic rings. The molecule has 0 radical (unpaired) electrons. The van der Waals surface area contributed by atoms with Gasteiger partial charge in [-0.3, -0.25) is 9.78 Å². The van der Waals surface area contributed by atoms with E-state index in [0.29, 0.717) is 11.3 Å². The Morgan fingerprint density at radius 3 is 2.59 bits per heavy atom. The van der Waals surface area contributed by atoms with Gasteiger partial charge in [-0.05, 0) is 33.3 Å². The summed E-state index contributed by atoms with van der Waals surface area (Å²) in [6, 6.07) is 1.72. The van der Waals surface area contributed by atoms with Gasteiger partial charge in [0, 0.05) is 30.2 Å². The predicted molar refractivity (Wildman–Crippen MR) is 69.8 cm³/mol. The van der Waals surface area contributed by atoms with Crippen LogP contribution in [0.1, 0.15) is 43.2 Å². The van der Waals surface area contributed by atoms with Crippen molar-refractivity contribution in [2.75, 3.05) is 12.8 Å². The minimum Gasteiger partial charge on any atom is -0.398 e. The highest BCUT2D eigenvalue weighted by atomic mass is 16.2. The van der Waals surface area contributed by atoms with E-state index in [1.54, 1.807) is 24.2 Å². The molecule has 0 aliphatic carbocycles. The number of amides is 1. The summed E-state index contributed by atoms with van der Waals surface area (Å²) in [5, 5.41) is 0. The van der Waals surface area contributed by atoms with E-state index in [4.69, 9.17) is 5.73 Å². The van der Waals surface area contributed by atoms with Crippen LogP contribution >= 0.6 is 0 Å². The lowest BCUT2D eigenvalue weighted by molar-refractivity contribution is 0.0621. The van der Waals surface area contributed by atoms with Crippen LogP contribution in [0, 0.1) is 6.92 Å². The minimum absolute atomic E-state index is 0.0816. The molecular weight excluding hydrogens is 214 g/mol. The Balaban J connectivity index is 3.05. The Kier molecular flexibility index (Phi) is 3.76. The fraction of sp³-hybridized carbons (Fsp3) is 0.538. The Hall–Kier alpha value is -1.58. The van der Waals surface area contributed by atoms with Crippen LogP contribution in [0.15, 0.2) is 12.3 Å². The Labute approximate surface area is 103 Å². The van der Waals surface area contributed by atoms with Crippen LogP contribution in [0.4, 0.5) is 5.69 Å². The van der Waals surface area contributed by atoms with Crippen LogP contribution in [-0.4, -0.2) is 28.4 Å². The zero-order valence-corrected chi connectivity index (χ0v) is 11.2. The lowest BCUT2D eigenvalue weighted by Gasteiger charge is -2.35. The summed E-state index contributed by atoms with van der Waals surface area (Å²) in [5.74, 6) is -0.0816. The molecule has 0 aliphatic heterocycles. The molecule has 1 heterocycles. The Bertz CT molecular complexity index is 427. The fourth-order valence-electron chi connectivity index (χ4n) is 1.45. The summed E-state index contributed by atoms with van der Waals surface area (Å²) < 4.78 is 0. The SMILES string of the molecule is CCC(C)(C)N(C)C(=O)c1cnc(C)cc1N. The summed E-state index contributed by atoms with van der Waals surface area (Å²) in [7, 11) is 1.80. The lowest BCUT2D eigenvalue weighted by atomic mass is 9.99. The van der Waals surface area contributed by atoms with Gasteiger partial charge in [-0.1, -0.05) is 6.92 Å². The molecule has 0 aliphatic rings. The molecule has 0 saturated carbocycles. The number of anilines is 1. The molecule has 1 aromatic heterocycles. The first kappa shape index (κ1) is 13.5. The zero-order valence-electron chi connectivity index (χ0n) is 11.2. The standard InChI is InChI=1S/C13H21N3O/c1-6-13(3,4)16(5)12(17)10-8-15-9(2)7-11(10)14/h7-8H,6H2,1-5H3,(H2,14,15). The highest BCUT2D eigenvalue weighted by Gasteiger charge is 2.27. The number of nitrogens with two attached hydrogens (primary N) is 1. The molecule has 0 atom stereocenters. The molecule has 1 rings (SSSR count). The quantitative estimate of drug-likeness (QED) is 0.874. The monoisotopic (exact) mass is 235 g/mol. The van der Waals surface area contributed by atoms with E-state index in [2.05, 4.69) is 11.9 Å². The molecule has 1 amide bonds. The van der Waals surface area contributed by atoms with Gasteiger partial charge >= 0.3 is 0 Å². The van der Waals surface area contributed by atoms with Gasteiger partial charge in [0.25, 0.3) is 5.91 Å². The van der Waals surface area contributed by atoms with Crippen molar-refractivity contribution in [1.29, 1.82) is 0 Å². The molecule has 0 saturated heterocycles. The predicted octanol–water partition coefficient (Wildman–Crippen LogP) is 2.23. The molecule has 4 nitrogen and oxygen atoms in total. The van der Waals surface area contributed by atoms with Crippen molar-refractivity contribution in [3.8, 4) is 0 Å². The van der Waals surface area contributed by atoms with Crippen LogP contribution in [0.25, 0.3) is 0 Å². The van der Waals surface area contributed by atoms with Crippen LogP contribution in [-0.2, 0) is 0 Å². The number of carbonyl (C=O) groups excluding carboxylic acids is 1. The number of hydrogen-bond acceptors (Lipinski definition) is 3. The van der Waals surface area contributed by atoms with Crippen LogP contribution in [0.3, 0.4) is 0 Å². The van der Waals surface area contributed by atoms with E-state index in [9.17, 15) is 4.79 Å². The third kappa shape index (κ3) is 2.75. The molecule has 0 unspecified atom stereocenters. The van der Waals surface area contributed by atoms with Gasteiger partial charge in [-0.2, -0.15) is 0 Å². The van der Waals surface area contributed by atoms with Crippen LogP contribution in [0.5, 0.6) is 0 Å². The zero-order chi connectivity index (χ0) is 13.2. The van der Waals surface area contributed by atoms with Crippen molar-refractivity contribution in [2.24, 2.45) is 0 Å². The maximum atomic E-state index is 12.3. The van der Waals surface area contributed by atoms with E-state index in [1.807, 2.05) is 20.8 Å². The topological polar surface area (TPSA) is 59.2 Å². The van der Waals surface area contributed by atoms with E-state index in [1.165, 1.54) is 0 Å². The largest absolute Gasteiger partial charge is 0.398 e. The number of hydrogen-bond donors (Lipinski definition) is 1. The van der Waals surface area contributed by atoms with E-state index in [-0.39, 0.29) is 11.4 Å². The summed E-state index contributed by atoms with van der Waals surface area (Å²) in [5.41, 5.74) is 7.45. The number of aromatic nitrogens is 1. The van der Waals surface area contributed by atoms with Crippen molar-refractivity contribution < 1.29 is 4.79 Å². The van der Waals surface area contributed by atoms with Crippen molar-refractivity contribution in [2.45, 2.75) is 39.7 Å². The highest BCUT2D eigenvalue weighted by Crippen LogP contribution is 2.21. The summed E-state index contributed by atoms with van der Waals surface area (Å²) in [4.78, 5) is 18.1. The van der Waals surface area contributed by atoms with E-state index in [0.717, 1.165) is 12.1 Å². The minimum atomic E-state index is -0.186. The third-order valence-corrected chi connectivity index (χ3v) is 3.38. The van der Waals surface area contributed by atoms with E-state index < -0.39 is 0 Å². The average Bonchev–Trinajstić information content (AvgIpc) is 2.27. The van der Waals surface area contributed by atoms with Gasteiger partial charge in [0.1, 0.15) is 0 Å². The number of nitrogen functional groups attached to an aromatic ring is 1. The molecule has 94 valence electrons. The summed E-state index contributed by atoms with van der Waals surface area (Å²) in [6.45, 7) is 7.97. The van der Waals surface area contributed by atoms with Crippen LogP contribution < -0.4 is 5.73 Å². The third-order valence-electron chi connectivity index (χ3n) is 3.38. The van der Waals surface area contributed by atoms with Gasteiger partial charge in [0.05, 0.1) is 5.56 Å². The molecule has 2 N–H and O–H groups in total. The second kappa shape index (κ2) is 4.73. The molecule has 0 bridgehead atoms. The second-order valence-corrected chi connectivity index (χ2v) is 4.94. The summed E-state index contributed by atoms with van der Waals surface area (Å²) in [6.07, 6.45) is 2.43. The first-order chi connectivity index (χ1) is 7.79. The fourth-order valence-corrected chi connectivity index (χ4v) is 1.45. The number of aryl methyl sites for hydroxylation is 1. The number of nitrogens with zero attached hydrogens (tertiary/aromatic N) is 2. The van der Waals surface area contributed by atoms with Gasteiger partial charge in [-0.15, -0.1) is 0 Å². The number of carbonyl (C=O) groups is 1. The first-order valence-corrected chi connectivity index (χ1v) is 5.80. The normalized spacial score (nSPS) is 11.4. The molecule has 17 heavy (non-hydrogen) atoms. The lowest BCUT2D eigenvalue weighted by Crippen LogP contribution is -2.44. The maximum Gasteiger partial charge on any atom is 0.257 e. The highest BCUT2D eigenvalue weighted by molar-refractivity contribution is 5.99. The van der Waals surface area contributed by atoms with Crippen molar-refractivity contribution >= 4 is 11.6 Å². The van der Waals surface area contributed by atoms with E-state index >= 15 is 0 Å². The smallest absolute Gasteiger partial charge is 0.257 e. The molecular formula is C13H21N3O.